The quantitative estimate of drug-likeness (QED) is 0.265. The monoisotopic (exact) mass is 516 g/mol. The molecule has 1 amide bonds. The Morgan fingerprint density at radius 2 is 1.51 bits per heavy atom. The van der Waals surface area contributed by atoms with Crippen LogP contribution in [0.4, 0.5) is 5.69 Å². The van der Waals surface area contributed by atoms with E-state index in [4.69, 9.17) is 0 Å². The molecule has 1 aromatic heterocycles. The first-order valence-electron chi connectivity index (χ1n) is 10.8. The van der Waals surface area contributed by atoms with E-state index >= 15 is 0 Å². The van der Waals surface area contributed by atoms with E-state index in [0.717, 1.165) is 12.1 Å². The van der Waals surface area contributed by atoms with Crippen LogP contribution in [0.15, 0.2) is 77.7 Å². The molecule has 0 radical (unpaired) electrons. The van der Waals surface area contributed by atoms with E-state index in [-0.39, 0.29) is 34.0 Å². The molecule has 0 unspecified atom stereocenters. The number of nitrogens with one attached hydrogen (secondary N) is 1. The van der Waals surface area contributed by atoms with Crippen molar-refractivity contribution in [3.63, 3.8) is 0 Å². The Morgan fingerprint density at radius 3 is 2.14 bits per heavy atom. The second kappa shape index (κ2) is 8.73. The number of benzene rings is 3. The second-order valence-electron chi connectivity index (χ2n) is 8.26. The minimum absolute atomic E-state index is 0.176. The highest BCUT2D eigenvalue weighted by molar-refractivity contribution is 7.85. The van der Waals surface area contributed by atoms with Gasteiger partial charge in [0.2, 0.25) is 0 Å². The Hall–Kier alpha value is -4.74. The minimum atomic E-state index is -4.69. The van der Waals surface area contributed by atoms with Crippen LogP contribution in [0.3, 0.4) is 0 Å². The predicted octanol–water partition coefficient (Wildman–Crippen LogP) is 3.59. The van der Waals surface area contributed by atoms with Crippen LogP contribution in [0, 0.1) is 0 Å². The number of para-hydroxylation sites is 1. The lowest BCUT2D eigenvalue weighted by Gasteiger charge is -2.13. The minimum Gasteiger partial charge on any atom is -0.478 e. The number of carbonyl (C=O) groups excluding carboxylic acids is 3. The second-order valence-corrected chi connectivity index (χ2v) is 9.68. The van der Waals surface area contributed by atoms with Crippen molar-refractivity contribution in [1.82, 2.24) is 4.98 Å². The first-order chi connectivity index (χ1) is 17.6. The van der Waals surface area contributed by atoms with Gasteiger partial charge in [-0.2, -0.15) is 8.42 Å². The number of fused-ring (bicyclic) bond motifs is 2. The molecule has 1 aliphatic rings. The van der Waals surface area contributed by atoms with Gasteiger partial charge in [-0.1, -0.05) is 42.5 Å². The van der Waals surface area contributed by atoms with Crippen LogP contribution in [-0.4, -0.2) is 46.5 Å². The van der Waals surface area contributed by atoms with Gasteiger partial charge in [0, 0.05) is 16.5 Å². The van der Waals surface area contributed by atoms with Crippen LogP contribution in [0.2, 0.25) is 0 Å². The predicted molar refractivity (Wildman–Crippen MR) is 131 cm³/mol. The number of carboxylic acid groups (broad SMARTS) is 1. The number of hydrogen-bond donors (Lipinski definition) is 3. The standard InChI is InChI=1S/C26H16N2O8S/c29-23-15-5-1-2-6-16(15)24(30)21(23)19-11-8-13-4-3-7-20(22(13)27-19)28-25(31)17-10-9-14(37(34,35)36)12-18(17)26(32)33/h1-12,21H,(H,28,31)(H,32,33)(H,34,35,36). The number of aromatic carboxylic acids is 1. The summed E-state index contributed by atoms with van der Waals surface area (Å²) in [5, 5.41) is 12.6. The summed E-state index contributed by atoms with van der Waals surface area (Å²) in [4.78, 5) is 54.4. The molecule has 10 nitrogen and oxygen atoms in total. The van der Waals surface area contributed by atoms with Gasteiger partial charge in [-0.3, -0.25) is 18.9 Å². The number of amides is 1. The molecule has 11 heteroatoms. The van der Waals surface area contributed by atoms with Crippen LogP contribution < -0.4 is 5.32 Å². The zero-order valence-corrected chi connectivity index (χ0v) is 19.5. The average molecular weight is 516 g/mol. The third-order valence-electron chi connectivity index (χ3n) is 6.03. The van der Waals surface area contributed by atoms with Crippen molar-refractivity contribution in [2.45, 2.75) is 10.8 Å². The Labute approximate surface area is 209 Å². The maximum Gasteiger partial charge on any atom is 0.336 e. The number of hydrogen-bond acceptors (Lipinski definition) is 7. The lowest BCUT2D eigenvalue weighted by Crippen LogP contribution is -2.18. The molecule has 0 spiro atoms. The molecular formula is C26H16N2O8S. The Bertz CT molecular complexity index is 1740. The maximum absolute atomic E-state index is 13.0. The molecule has 1 heterocycles. The van der Waals surface area contributed by atoms with Crippen molar-refractivity contribution in [2.75, 3.05) is 5.32 Å². The lowest BCUT2D eigenvalue weighted by molar-refractivity contribution is 0.0691. The number of nitrogens with zero attached hydrogens (tertiary/aromatic N) is 1. The van der Waals surface area contributed by atoms with E-state index in [9.17, 15) is 37.3 Å². The molecule has 0 fully saturated rings. The molecule has 0 saturated carbocycles. The molecule has 5 rings (SSSR count). The maximum atomic E-state index is 13.0. The highest BCUT2D eigenvalue weighted by Gasteiger charge is 2.40. The number of ketones is 2. The van der Waals surface area contributed by atoms with Crippen molar-refractivity contribution < 1.29 is 37.3 Å². The summed E-state index contributed by atoms with van der Waals surface area (Å²) in [5.41, 5.74) is 0.271. The van der Waals surface area contributed by atoms with E-state index in [1.165, 1.54) is 6.07 Å². The van der Waals surface area contributed by atoms with Crippen LogP contribution in [0.1, 0.15) is 53.0 Å². The van der Waals surface area contributed by atoms with Gasteiger partial charge >= 0.3 is 5.97 Å². The Balaban J connectivity index is 1.54. The van der Waals surface area contributed by atoms with Crippen molar-refractivity contribution in [3.05, 3.63) is 101 Å². The van der Waals surface area contributed by atoms with Gasteiger partial charge in [0.15, 0.2) is 11.6 Å². The van der Waals surface area contributed by atoms with Gasteiger partial charge < -0.3 is 10.4 Å². The summed E-state index contributed by atoms with van der Waals surface area (Å²) in [6.07, 6.45) is 0. The van der Waals surface area contributed by atoms with Gasteiger partial charge in [0.1, 0.15) is 5.92 Å². The fraction of sp³-hybridized carbons (Fsp3) is 0.0385. The number of rotatable bonds is 5. The molecule has 3 aromatic carbocycles. The van der Waals surface area contributed by atoms with Crippen molar-refractivity contribution in [2.24, 2.45) is 0 Å². The number of carbonyl (C=O) groups is 4. The first-order valence-corrected chi connectivity index (χ1v) is 12.2. The molecule has 4 aromatic rings. The highest BCUT2D eigenvalue weighted by Crippen LogP contribution is 2.34. The fourth-order valence-corrected chi connectivity index (χ4v) is 4.79. The molecule has 3 N–H and O–H groups in total. The molecule has 37 heavy (non-hydrogen) atoms. The summed E-state index contributed by atoms with van der Waals surface area (Å²) in [6, 6.07) is 17.1. The summed E-state index contributed by atoms with van der Waals surface area (Å²) in [6.45, 7) is 0. The average Bonchev–Trinajstić information content (AvgIpc) is 3.13. The van der Waals surface area contributed by atoms with E-state index in [2.05, 4.69) is 10.3 Å². The number of pyridine rings is 1. The van der Waals surface area contributed by atoms with Crippen molar-refractivity contribution in [3.8, 4) is 0 Å². The molecule has 184 valence electrons. The van der Waals surface area contributed by atoms with Crippen LogP contribution in [-0.2, 0) is 10.1 Å². The topological polar surface area (TPSA) is 168 Å². The Morgan fingerprint density at radius 1 is 0.838 bits per heavy atom. The highest BCUT2D eigenvalue weighted by atomic mass is 32.2. The Kier molecular flexibility index (Phi) is 5.66. The van der Waals surface area contributed by atoms with Crippen LogP contribution in [0.5, 0.6) is 0 Å². The van der Waals surface area contributed by atoms with E-state index in [0.29, 0.717) is 22.6 Å². The van der Waals surface area contributed by atoms with Gasteiger partial charge in [-0.25, -0.2) is 9.78 Å². The van der Waals surface area contributed by atoms with Gasteiger partial charge in [0.05, 0.1) is 32.9 Å². The molecule has 0 atom stereocenters. The van der Waals surface area contributed by atoms with Crippen LogP contribution in [0.25, 0.3) is 10.9 Å². The first kappa shape index (κ1) is 24.0. The fourth-order valence-electron chi connectivity index (χ4n) is 4.28. The van der Waals surface area contributed by atoms with Crippen LogP contribution >= 0.6 is 0 Å². The number of aromatic nitrogens is 1. The summed E-state index contributed by atoms with van der Waals surface area (Å²) in [5.74, 6) is -4.33. The molecule has 0 bridgehead atoms. The van der Waals surface area contributed by atoms with Gasteiger partial charge in [-0.05, 0) is 30.3 Å². The number of Topliss-reactive ketones (excluding diaryl/α,β-unsaturated/α-hetero) is 2. The SMILES string of the molecule is O=C(O)c1cc(S(=O)(=O)O)ccc1C(=O)Nc1cccc2ccc(C3C(=O)c4ccccc4C3=O)nc12. The van der Waals surface area contributed by atoms with Crippen molar-refractivity contribution >= 4 is 50.2 Å². The smallest absolute Gasteiger partial charge is 0.336 e. The summed E-state index contributed by atoms with van der Waals surface area (Å²) in [7, 11) is -4.69. The molecule has 1 aliphatic carbocycles. The lowest BCUT2D eigenvalue weighted by atomic mass is 9.98. The molecule has 0 saturated heterocycles. The van der Waals surface area contributed by atoms with Gasteiger partial charge in [0.25, 0.3) is 16.0 Å². The van der Waals surface area contributed by atoms with Crippen molar-refractivity contribution in [1.29, 1.82) is 0 Å². The van der Waals surface area contributed by atoms with Gasteiger partial charge in [-0.15, -0.1) is 0 Å². The number of carboxylic acids is 1. The third kappa shape index (κ3) is 4.15. The summed E-state index contributed by atoms with van der Waals surface area (Å²) < 4.78 is 32.0. The largest absolute Gasteiger partial charge is 0.478 e. The third-order valence-corrected chi connectivity index (χ3v) is 6.88. The van der Waals surface area contributed by atoms with E-state index in [1.54, 1.807) is 48.5 Å². The zero-order chi connectivity index (χ0) is 26.5. The normalized spacial score (nSPS) is 13.5. The summed E-state index contributed by atoms with van der Waals surface area (Å²) >= 11 is 0. The van der Waals surface area contributed by atoms with E-state index < -0.39 is 38.4 Å². The zero-order valence-electron chi connectivity index (χ0n) is 18.7. The van der Waals surface area contributed by atoms with E-state index in [1.807, 2.05) is 0 Å². The molecular weight excluding hydrogens is 500 g/mol. The number of anilines is 1. The molecule has 0 aliphatic heterocycles.